The van der Waals surface area contributed by atoms with Crippen LogP contribution in [0.2, 0.25) is 0 Å². The maximum Gasteiger partial charge on any atom is 0.378 e. The lowest BCUT2D eigenvalue weighted by Gasteiger charge is -2.14. The molecule has 0 aliphatic carbocycles. The second kappa shape index (κ2) is 9.54. The van der Waals surface area contributed by atoms with E-state index < -0.39 is 36.5 Å². The molecule has 0 bridgehead atoms. The molecule has 1 atom stereocenters. The number of esters is 2. The van der Waals surface area contributed by atoms with Gasteiger partial charge in [-0.15, -0.1) is 0 Å². The molecule has 132 valence electrons. The summed E-state index contributed by atoms with van der Waals surface area (Å²) in [6, 6.07) is 6.90. The van der Waals surface area contributed by atoms with E-state index >= 15 is 0 Å². The molecule has 0 saturated carbocycles. The summed E-state index contributed by atoms with van der Waals surface area (Å²) >= 11 is 0. The van der Waals surface area contributed by atoms with Gasteiger partial charge in [-0.05, 0) is 45.0 Å². The van der Waals surface area contributed by atoms with Crippen molar-refractivity contribution in [2.24, 2.45) is 0 Å². The van der Waals surface area contributed by atoms with E-state index in [0.717, 1.165) is 0 Å². The molecule has 0 aromatic heterocycles. The van der Waals surface area contributed by atoms with Crippen molar-refractivity contribution in [1.82, 2.24) is 0 Å². The minimum atomic E-state index is -1.01. The second-order valence-corrected chi connectivity index (χ2v) is 5.35. The summed E-state index contributed by atoms with van der Waals surface area (Å²) in [5.41, 5.74) is 0. The summed E-state index contributed by atoms with van der Waals surface area (Å²) in [6.07, 6.45) is -0.919. The van der Waals surface area contributed by atoms with Crippen LogP contribution in [0, 0.1) is 0 Å². The fourth-order valence-electron chi connectivity index (χ4n) is 1.71. The molecule has 0 aliphatic rings. The molecule has 7 nitrogen and oxygen atoms in total. The fraction of sp³-hybridized carbons (Fsp3) is 0.471. The lowest BCUT2D eigenvalue weighted by Crippen LogP contribution is -2.27. The number of rotatable bonds is 9. The lowest BCUT2D eigenvalue weighted by atomic mass is 10.2. The van der Waals surface area contributed by atoms with E-state index in [-0.39, 0.29) is 6.42 Å². The van der Waals surface area contributed by atoms with Gasteiger partial charge in [0, 0.05) is 0 Å². The van der Waals surface area contributed by atoms with Gasteiger partial charge >= 0.3 is 11.9 Å². The van der Waals surface area contributed by atoms with Gasteiger partial charge in [0.2, 0.25) is 0 Å². The molecule has 1 unspecified atom stereocenters. The Kier molecular flexibility index (Phi) is 7.74. The number of carbonyl (C=O) groups is 3. The monoisotopic (exact) mass is 338 g/mol. The third-order valence-corrected chi connectivity index (χ3v) is 2.79. The van der Waals surface area contributed by atoms with E-state index in [1.807, 2.05) is 0 Å². The molecular formula is C17H22O7. The molecule has 0 spiro atoms. The molecule has 0 radical (unpaired) electrons. The average Bonchev–Trinajstić information content (AvgIpc) is 2.52. The molecule has 0 aliphatic heterocycles. The van der Waals surface area contributed by atoms with Crippen LogP contribution in [0.1, 0.15) is 27.2 Å². The number of hydrogen-bond acceptors (Lipinski definition) is 7. The van der Waals surface area contributed by atoms with Crippen molar-refractivity contribution in [1.29, 1.82) is 0 Å². The summed E-state index contributed by atoms with van der Waals surface area (Å²) < 4.78 is 20.1. The normalized spacial score (nSPS) is 11.5. The topological polar surface area (TPSA) is 88.1 Å². The number of methoxy groups -OCH3 is 1. The first kappa shape index (κ1) is 19.5. The van der Waals surface area contributed by atoms with Crippen molar-refractivity contribution in [3.8, 4) is 11.5 Å². The lowest BCUT2D eigenvalue weighted by molar-refractivity contribution is -0.161. The summed E-state index contributed by atoms with van der Waals surface area (Å²) in [4.78, 5) is 34.4. The highest BCUT2D eigenvalue weighted by Gasteiger charge is 2.20. The van der Waals surface area contributed by atoms with Crippen LogP contribution in [-0.4, -0.2) is 43.6 Å². The van der Waals surface area contributed by atoms with Gasteiger partial charge in [0.1, 0.15) is 17.6 Å². The molecular weight excluding hydrogens is 316 g/mol. The third-order valence-electron chi connectivity index (χ3n) is 2.79. The maximum absolute atomic E-state index is 11.7. The van der Waals surface area contributed by atoms with E-state index in [9.17, 15) is 14.4 Å². The second-order valence-electron chi connectivity index (χ2n) is 5.35. The van der Waals surface area contributed by atoms with Crippen molar-refractivity contribution in [3.63, 3.8) is 0 Å². The van der Waals surface area contributed by atoms with Gasteiger partial charge in [-0.3, -0.25) is 9.59 Å². The predicted molar refractivity (Wildman–Crippen MR) is 84.9 cm³/mol. The van der Waals surface area contributed by atoms with Crippen LogP contribution in [0.25, 0.3) is 0 Å². The van der Waals surface area contributed by atoms with Crippen LogP contribution in [0.15, 0.2) is 24.3 Å². The van der Waals surface area contributed by atoms with E-state index in [4.69, 9.17) is 18.9 Å². The molecule has 1 rings (SSSR count). The standard InChI is InChI=1S/C17H22O7/c1-11(2)23-17(20)15(18)10-22-16(19)9-12(3)24-14-7-5-13(21-4)6-8-14/h5-8,11-12H,9-10H2,1-4H3. The number of carbonyl (C=O) groups excluding carboxylic acids is 3. The summed E-state index contributed by atoms with van der Waals surface area (Å²) in [5.74, 6) is -1.28. The SMILES string of the molecule is COc1ccc(OC(C)CC(=O)OCC(=O)C(=O)OC(C)C)cc1. The zero-order valence-electron chi connectivity index (χ0n) is 14.2. The molecule has 0 N–H and O–H groups in total. The smallest absolute Gasteiger partial charge is 0.378 e. The Balaban J connectivity index is 2.35. The molecule has 0 fully saturated rings. The zero-order chi connectivity index (χ0) is 18.1. The number of benzene rings is 1. The van der Waals surface area contributed by atoms with Crippen molar-refractivity contribution < 1.29 is 33.3 Å². The highest BCUT2D eigenvalue weighted by Crippen LogP contribution is 2.18. The van der Waals surface area contributed by atoms with Gasteiger partial charge in [-0.25, -0.2) is 4.79 Å². The average molecular weight is 338 g/mol. The van der Waals surface area contributed by atoms with Gasteiger partial charge in [-0.1, -0.05) is 0 Å². The molecule has 7 heteroatoms. The minimum Gasteiger partial charge on any atom is -0.497 e. The van der Waals surface area contributed by atoms with Gasteiger partial charge in [0.15, 0.2) is 6.61 Å². The first-order valence-corrected chi connectivity index (χ1v) is 7.52. The van der Waals surface area contributed by atoms with Crippen molar-refractivity contribution in [2.45, 2.75) is 39.4 Å². The molecule has 0 heterocycles. The van der Waals surface area contributed by atoms with E-state index in [2.05, 4.69) is 0 Å². The number of Topliss-reactive ketones (excluding diaryl/α,β-unsaturated/α-hetero) is 1. The van der Waals surface area contributed by atoms with Crippen LogP contribution in [0.4, 0.5) is 0 Å². The first-order chi connectivity index (χ1) is 11.3. The Bertz CT molecular complexity index is 563. The molecule has 1 aromatic rings. The van der Waals surface area contributed by atoms with Gasteiger partial charge in [0.25, 0.3) is 5.78 Å². The van der Waals surface area contributed by atoms with E-state index in [1.165, 1.54) is 0 Å². The van der Waals surface area contributed by atoms with E-state index in [0.29, 0.717) is 11.5 Å². The molecule has 0 amide bonds. The number of ether oxygens (including phenoxy) is 4. The summed E-state index contributed by atoms with van der Waals surface area (Å²) in [6.45, 7) is 4.30. The van der Waals surface area contributed by atoms with Gasteiger partial charge in [0.05, 0.1) is 19.6 Å². The van der Waals surface area contributed by atoms with Crippen LogP contribution >= 0.6 is 0 Å². The van der Waals surface area contributed by atoms with Crippen LogP contribution < -0.4 is 9.47 Å². The van der Waals surface area contributed by atoms with E-state index in [1.54, 1.807) is 52.1 Å². The Morgan fingerprint density at radius 1 is 1.00 bits per heavy atom. The largest absolute Gasteiger partial charge is 0.497 e. The van der Waals surface area contributed by atoms with Crippen LogP contribution in [0.3, 0.4) is 0 Å². The number of hydrogen-bond donors (Lipinski definition) is 0. The quantitative estimate of drug-likeness (QED) is 0.502. The highest BCUT2D eigenvalue weighted by molar-refractivity contribution is 6.34. The van der Waals surface area contributed by atoms with Crippen molar-refractivity contribution in [3.05, 3.63) is 24.3 Å². The zero-order valence-corrected chi connectivity index (χ0v) is 14.2. The van der Waals surface area contributed by atoms with Gasteiger partial charge < -0.3 is 18.9 Å². The Morgan fingerprint density at radius 2 is 1.58 bits per heavy atom. The van der Waals surface area contributed by atoms with Crippen LogP contribution in [-0.2, 0) is 23.9 Å². The first-order valence-electron chi connectivity index (χ1n) is 7.52. The van der Waals surface area contributed by atoms with Gasteiger partial charge in [-0.2, -0.15) is 0 Å². The molecule has 0 saturated heterocycles. The predicted octanol–water partition coefficient (Wildman–Crippen LogP) is 1.92. The third kappa shape index (κ3) is 7.13. The fourth-order valence-corrected chi connectivity index (χ4v) is 1.71. The minimum absolute atomic E-state index is 0.0570. The Hall–Kier alpha value is -2.57. The highest BCUT2D eigenvalue weighted by atomic mass is 16.6. The van der Waals surface area contributed by atoms with Crippen molar-refractivity contribution >= 4 is 17.7 Å². The van der Waals surface area contributed by atoms with Crippen LogP contribution in [0.5, 0.6) is 11.5 Å². The Morgan fingerprint density at radius 3 is 2.12 bits per heavy atom. The maximum atomic E-state index is 11.7. The molecule has 24 heavy (non-hydrogen) atoms. The number of ketones is 1. The summed E-state index contributed by atoms with van der Waals surface area (Å²) in [5, 5.41) is 0. The summed E-state index contributed by atoms with van der Waals surface area (Å²) in [7, 11) is 1.56. The molecule has 1 aromatic carbocycles. The Labute approximate surface area is 140 Å². The van der Waals surface area contributed by atoms with Crippen molar-refractivity contribution in [2.75, 3.05) is 13.7 Å².